The smallest absolute Gasteiger partial charge is 0.339 e. The number of hydrogen-bond acceptors (Lipinski definition) is 10. The van der Waals surface area contributed by atoms with Crippen molar-refractivity contribution in [2.45, 2.75) is 18.4 Å². The van der Waals surface area contributed by atoms with Crippen molar-refractivity contribution in [2.24, 2.45) is 0 Å². The van der Waals surface area contributed by atoms with Crippen molar-refractivity contribution in [3.8, 4) is 0 Å². The maximum absolute atomic E-state index is 12.7. The highest BCUT2D eigenvalue weighted by Crippen LogP contribution is 2.23. The van der Waals surface area contributed by atoms with E-state index in [1.807, 2.05) is 31.2 Å². The Morgan fingerprint density at radius 3 is 2.59 bits per heavy atom. The number of nitrogens with zero attached hydrogens (tertiary/aromatic N) is 3. The molecule has 4 N–H and O–H groups in total. The molecule has 0 aliphatic rings. The lowest BCUT2D eigenvalue weighted by molar-refractivity contribution is -0.118. The van der Waals surface area contributed by atoms with Crippen LogP contribution in [0.5, 0.6) is 0 Å². The number of nitrogens with two attached hydrogens (primary N) is 1. The van der Waals surface area contributed by atoms with Crippen LogP contribution < -0.4 is 16.4 Å². The molecule has 10 nitrogen and oxygen atoms in total. The van der Waals surface area contributed by atoms with Gasteiger partial charge in [-0.05, 0) is 31.2 Å². The van der Waals surface area contributed by atoms with Crippen LogP contribution in [0, 0.1) is 6.92 Å². The fourth-order valence-electron chi connectivity index (χ4n) is 2.78. The molecule has 0 radical (unpaired) electrons. The highest BCUT2D eigenvalue weighted by atomic mass is 32.2. The van der Waals surface area contributed by atoms with E-state index in [1.54, 1.807) is 31.4 Å². The zero-order valence-electron chi connectivity index (χ0n) is 18.9. The number of aryl methyl sites for hydroxylation is 1. The third-order valence-corrected chi connectivity index (χ3v) is 5.51. The van der Waals surface area contributed by atoms with Crippen LogP contribution in [0.1, 0.15) is 21.7 Å². The van der Waals surface area contributed by atoms with Crippen LogP contribution in [0.25, 0.3) is 0 Å². The van der Waals surface area contributed by atoms with Crippen LogP contribution in [0.3, 0.4) is 0 Å². The summed E-state index contributed by atoms with van der Waals surface area (Å²) in [6, 6.07) is 14.6. The predicted molar refractivity (Wildman–Crippen MR) is 130 cm³/mol. The fourth-order valence-corrected chi connectivity index (χ4v) is 3.65. The number of ether oxygens (including phenoxy) is 2. The van der Waals surface area contributed by atoms with E-state index in [0.717, 1.165) is 11.3 Å². The summed E-state index contributed by atoms with van der Waals surface area (Å²) in [4.78, 5) is 37.7. The summed E-state index contributed by atoms with van der Waals surface area (Å²) in [7, 11) is 1.56. The monoisotopic (exact) mass is 482 g/mol. The largest absolute Gasteiger partial charge is 0.454 e. The Morgan fingerprint density at radius 1 is 1.06 bits per heavy atom. The maximum atomic E-state index is 12.7. The van der Waals surface area contributed by atoms with Crippen LogP contribution in [-0.2, 0) is 20.9 Å². The number of carbonyl (C=O) groups excluding carboxylic acids is 2. The standard InChI is InChI=1S/C23H26N6O4S/c1-15-7-9-16(10-8-15)26-23-28-19(27-22(24)29-23)13-33-21(31)17-5-3-4-6-18(17)34-14-20(30)25-11-12-32-2/h3-10H,11-14H2,1-2H3,(H,25,30)(H3,24,26,27,28,29). The van der Waals surface area contributed by atoms with E-state index in [-0.39, 0.29) is 36.0 Å². The quantitative estimate of drug-likeness (QED) is 0.212. The third kappa shape index (κ3) is 7.71. The Hall–Kier alpha value is -3.70. The lowest BCUT2D eigenvalue weighted by Crippen LogP contribution is -2.28. The average molecular weight is 483 g/mol. The molecule has 1 aromatic heterocycles. The zero-order chi connectivity index (χ0) is 24.3. The molecular formula is C23H26N6O4S. The van der Waals surface area contributed by atoms with Gasteiger partial charge in [-0.1, -0.05) is 29.8 Å². The van der Waals surface area contributed by atoms with E-state index < -0.39 is 5.97 Å². The van der Waals surface area contributed by atoms with Gasteiger partial charge in [0, 0.05) is 24.2 Å². The molecule has 0 saturated carbocycles. The summed E-state index contributed by atoms with van der Waals surface area (Å²) in [5.74, 6) is -0.0945. The normalized spacial score (nSPS) is 10.5. The summed E-state index contributed by atoms with van der Waals surface area (Å²) >= 11 is 1.25. The molecule has 0 bridgehead atoms. The highest BCUT2D eigenvalue weighted by molar-refractivity contribution is 8.00. The number of amides is 1. The van der Waals surface area contributed by atoms with E-state index in [9.17, 15) is 9.59 Å². The van der Waals surface area contributed by atoms with Crippen LogP contribution in [0.15, 0.2) is 53.4 Å². The van der Waals surface area contributed by atoms with Crippen molar-refractivity contribution in [1.29, 1.82) is 0 Å². The summed E-state index contributed by atoms with van der Waals surface area (Å²) < 4.78 is 10.3. The molecule has 0 saturated heterocycles. The van der Waals surface area contributed by atoms with E-state index >= 15 is 0 Å². The van der Waals surface area contributed by atoms with Crippen molar-refractivity contribution < 1.29 is 19.1 Å². The summed E-state index contributed by atoms with van der Waals surface area (Å²) in [6.07, 6.45) is 0. The first kappa shape index (κ1) is 24.9. The number of carbonyl (C=O) groups is 2. The molecule has 3 aromatic rings. The summed E-state index contributed by atoms with van der Waals surface area (Å²) in [5, 5.41) is 5.79. The van der Waals surface area contributed by atoms with Crippen molar-refractivity contribution in [3.05, 3.63) is 65.5 Å². The average Bonchev–Trinajstić information content (AvgIpc) is 2.83. The van der Waals surface area contributed by atoms with E-state index in [4.69, 9.17) is 15.2 Å². The first-order valence-corrected chi connectivity index (χ1v) is 11.4. The summed E-state index contributed by atoms with van der Waals surface area (Å²) in [5.41, 5.74) is 8.06. The molecule has 0 fully saturated rings. The van der Waals surface area contributed by atoms with Gasteiger partial charge < -0.3 is 25.8 Å². The number of nitrogen functional groups attached to an aromatic ring is 1. The molecular weight excluding hydrogens is 456 g/mol. The van der Waals surface area contributed by atoms with Gasteiger partial charge in [0.15, 0.2) is 12.4 Å². The topological polar surface area (TPSA) is 141 Å². The Balaban J connectivity index is 1.60. The van der Waals surface area contributed by atoms with Gasteiger partial charge >= 0.3 is 5.97 Å². The molecule has 0 unspecified atom stereocenters. The molecule has 0 atom stereocenters. The van der Waals surface area contributed by atoms with Crippen molar-refractivity contribution >= 4 is 41.2 Å². The second-order valence-corrected chi connectivity index (χ2v) is 8.15. The van der Waals surface area contributed by atoms with Crippen molar-refractivity contribution in [3.63, 3.8) is 0 Å². The SMILES string of the molecule is COCCNC(=O)CSc1ccccc1C(=O)OCc1nc(N)nc(Nc2ccc(C)cc2)n1. The third-order valence-electron chi connectivity index (χ3n) is 4.43. The van der Waals surface area contributed by atoms with Gasteiger partial charge in [0.1, 0.15) is 0 Å². The Morgan fingerprint density at radius 2 is 1.82 bits per heavy atom. The number of hydrogen-bond donors (Lipinski definition) is 3. The van der Waals surface area contributed by atoms with Crippen LogP contribution in [-0.4, -0.2) is 52.8 Å². The predicted octanol–water partition coefficient (Wildman–Crippen LogP) is 2.72. The van der Waals surface area contributed by atoms with Gasteiger partial charge in [0.25, 0.3) is 0 Å². The van der Waals surface area contributed by atoms with E-state index in [1.165, 1.54) is 11.8 Å². The molecule has 3 rings (SSSR count). The second kappa shape index (κ2) is 12.5. The van der Waals surface area contributed by atoms with Crippen LogP contribution in [0.2, 0.25) is 0 Å². The number of anilines is 3. The molecule has 1 heterocycles. The Labute approximate surface area is 201 Å². The Kier molecular flexibility index (Phi) is 9.18. The molecule has 178 valence electrons. The van der Waals surface area contributed by atoms with Crippen LogP contribution >= 0.6 is 11.8 Å². The molecule has 1 amide bonds. The highest BCUT2D eigenvalue weighted by Gasteiger charge is 2.15. The molecule has 11 heteroatoms. The fraction of sp³-hybridized carbons (Fsp3) is 0.261. The maximum Gasteiger partial charge on any atom is 0.339 e. The minimum Gasteiger partial charge on any atom is -0.454 e. The minimum absolute atomic E-state index is 0.00565. The number of nitrogens with one attached hydrogen (secondary N) is 2. The van der Waals surface area contributed by atoms with Gasteiger partial charge in [0.2, 0.25) is 17.8 Å². The van der Waals surface area contributed by atoms with E-state index in [2.05, 4.69) is 25.6 Å². The first-order chi connectivity index (χ1) is 16.4. The number of rotatable bonds is 11. The number of esters is 1. The van der Waals surface area contributed by atoms with Gasteiger partial charge in [-0.2, -0.15) is 15.0 Å². The molecule has 0 aliphatic heterocycles. The van der Waals surface area contributed by atoms with Crippen molar-refractivity contribution in [2.75, 3.05) is 37.1 Å². The first-order valence-electron chi connectivity index (χ1n) is 10.4. The number of aromatic nitrogens is 3. The summed E-state index contributed by atoms with van der Waals surface area (Å²) in [6.45, 7) is 2.66. The minimum atomic E-state index is -0.560. The van der Waals surface area contributed by atoms with Gasteiger partial charge in [0.05, 0.1) is 17.9 Å². The van der Waals surface area contributed by atoms with Gasteiger partial charge in [-0.15, -0.1) is 11.8 Å². The lowest BCUT2D eigenvalue weighted by atomic mass is 10.2. The zero-order valence-corrected chi connectivity index (χ0v) is 19.7. The van der Waals surface area contributed by atoms with Crippen molar-refractivity contribution in [1.82, 2.24) is 20.3 Å². The number of benzene rings is 2. The van der Waals surface area contributed by atoms with Crippen LogP contribution in [0.4, 0.5) is 17.6 Å². The van der Waals surface area contributed by atoms with E-state index in [0.29, 0.717) is 23.6 Å². The number of methoxy groups -OCH3 is 1. The molecule has 34 heavy (non-hydrogen) atoms. The molecule has 2 aromatic carbocycles. The molecule has 0 aliphatic carbocycles. The molecule has 0 spiro atoms. The lowest BCUT2D eigenvalue weighted by Gasteiger charge is -2.10. The Bertz CT molecular complexity index is 1130. The number of thioether (sulfide) groups is 1. The van der Waals surface area contributed by atoms with Gasteiger partial charge in [-0.3, -0.25) is 4.79 Å². The second-order valence-electron chi connectivity index (χ2n) is 7.13. The van der Waals surface area contributed by atoms with Gasteiger partial charge in [-0.25, -0.2) is 4.79 Å².